The maximum Gasteiger partial charge on any atom is 0.162 e. The molecular formula is C23H29N5O4. The quantitative estimate of drug-likeness (QED) is 0.446. The van der Waals surface area contributed by atoms with E-state index in [9.17, 15) is 15.3 Å². The van der Waals surface area contributed by atoms with Gasteiger partial charge in [0, 0.05) is 43.5 Å². The van der Waals surface area contributed by atoms with E-state index in [1.807, 2.05) is 19.1 Å². The Morgan fingerprint density at radius 2 is 2.19 bits per heavy atom. The Kier molecular flexibility index (Phi) is 5.40. The topological polar surface area (TPSA) is 115 Å². The van der Waals surface area contributed by atoms with Crippen molar-refractivity contribution in [3.8, 4) is 5.75 Å². The fraction of sp³-hybridized carbons (Fsp3) is 0.478. The standard InChI is InChI=1S/C23H29N5O4/c1-23(14-29)12-15-10-18(26-22(31)17-13-25-28-8-3-6-24-21(17)28)19(11-20(15)32-23)27-7-2-4-16(30)5-9-27/h3,6,8,10-11,13,16,22,26,29-31H,2,4-5,7,9,12,14H2,1H3/t16-,22?,23-/m1/s1. The van der Waals surface area contributed by atoms with E-state index in [1.165, 1.54) is 0 Å². The van der Waals surface area contributed by atoms with E-state index in [4.69, 9.17) is 4.74 Å². The molecule has 0 spiro atoms. The molecule has 3 atom stereocenters. The van der Waals surface area contributed by atoms with Gasteiger partial charge in [-0.25, -0.2) is 9.50 Å². The average Bonchev–Trinajstić information content (AvgIpc) is 3.28. The monoisotopic (exact) mass is 439 g/mol. The van der Waals surface area contributed by atoms with E-state index in [-0.39, 0.29) is 12.7 Å². The minimum absolute atomic E-state index is 0.0770. The van der Waals surface area contributed by atoms with E-state index >= 15 is 0 Å². The van der Waals surface area contributed by atoms with Gasteiger partial charge in [0.05, 0.1) is 35.8 Å². The molecule has 0 bridgehead atoms. The van der Waals surface area contributed by atoms with Crippen LogP contribution in [0, 0.1) is 0 Å². The Hall–Kier alpha value is -2.88. The zero-order valence-electron chi connectivity index (χ0n) is 18.1. The van der Waals surface area contributed by atoms with Crippen molar-refractivity contribution in [2.45, 2.75) is 50.5 Å². The van der Waals surface area contributed by atoms with Gasteiger partial charge < -0.3 is 30.3 Å². The molecule has 1 fully saturated rings. The first-order chi connectivity index (χ1) is 15.5. The molecule has 4 N–H and O–H groups in total. The summed E-state index contributed by atoms with van der Waals surface area (Å²) in [7, 11) is 0. The van der Waals surface area contributed by atoms with Crippen LogP contribution in [0.5, 0.6) is 5.75 Å². The number of aliphatic hydroxyl groups excluding tert-OH is 3. The zero-order chi connectivity index (χ0) is 22.3. The van der Waals surface area contributed by atoms with Gasteiger partial charge in [0.15, 0.2) is 11.9 Å². The van der Waals surface area contributed by atoms with E-state index in [2.05, 4.69) is 20.3 Å². The van der Waals surface area contributed by atoms with Crippen molar-refractivity contribution in [3.63, 3.8) is 0 Å². The minimum Gasteiger partial charge on any atom is -0.484 e. The van der Waals surface area contributed by atoms with Crippen molar-refractivity contribution in [1.82, 2.24) is 14.6 Å². The molecule has 5 rings (SSSR count). The van der Waals surface area contributed by atoms with Crippen molar-refractivity contribution in [2.75, 3.05) is 29.9 Å². The molecular weight excluding hydrogens is 410 g/mol. The Balaban J connectivity index is 1.50. The van der Waals surface area contributed by atoms with Crippen LogP contribution in [-0.2, 0) is 6.42 Å². The van der Waals surface area contributed by atoms with Crippen molar-refractivity contribution in [1.29, 1.82) is 0 Å². The summed E-state index contributed by atoms with van der Waals surface area (Å²) in [4.78, 5) is 6.56. The van der Waals surface area contributed by atoms with Crippen LogP contribution in [0.3, 0.4) is 0 Å². The number of benzene rings is 1. The van der Waals surface area contributed by atoms with Gasteiger partial charge in [0.2, 0.25) is 0 Å². The van der Waals surface area contributed by atoms with Crippen LogP contribution in [0.4, 0.5) is 11.4 Å². The molecule has 170 valence electrons. The van der Waals surface area contributed by atoms with Crippen molar-refractivity contribution in [3.05, 3.63) is 47.9 Å². The Morgan fingerprint density at radius 3 is 3.03 bits per heavy atom. The van der Waals surface area contributed by atoms with Crippen LogP contribution < -0.4 is 15.0 Å². The van der Waals surface area contributed by atoms with Gasteiger partial charge >= 0.3 is 0 Å². The van der Waals surface area contributed by atoms with Gasteiger partial charge in [-0.15, -0.1) is 0 Å². The summed E-state index contributed by atoms with van der Waals surface area (Å²) < 4.78 is 7.70. The zero-order valence-corrected chi connectivity index (χ0v) is 18.1. The molecule has 3 aromatic rings. The second kappa shape index (κ2) is 8.23. The molecule has 0 saturated carbocycles. The molecule has 1 aromatic carbocycles. The third-order valence-corrected chi connectivity index (χ3v) is 6.37. The average molecular weight is 440 g/mol. The summed E-state index contributed by atoms with van der Waals surface area (Å²) >= 11 is 0. The Bertz CT molecular complexity index is 1120. The molecule has 9 nitrogen and oxygen atoms in total. The van der Waals surface area contributed by atoms with Crippen LogP contribution in [0.2, 0.25) is 0 Å². The first-order valence-electron chi connectivity index (χ1n) is 11.1. The van der Waals surface area contributed by atoms with Crippen LogP contribution >= 0.6 is 0 Å². The maximum atomic E-state index is 11.0. The molecule has 9 heteroatoms. The third-order valence-electron chi connectivity index (χ3n) is 6.37. The highest BCUT2D eigenvalue weighted by Gasteiger charge is 2.36. The molecule has 0 aliphatic carbocycles. The van der Waals surface area contributed by atoms with Gasteiger partial charge in [-0.1, -0.05) is 0 Å². The smallest absolute Gasteiger partial charge is 0.162 e. The number of hydrogen-bond acceptors (Lipinski definition) is 8. The first-order valence-corrected chi connectivity index (χ1v) is 11.1. The molecule has 1 saturated heterocycles. The van der Waals surface area contributed by atoms with Crippen molar-refractivity contribution in [2.24, 2.45) is 0 Å². The lowest BCUT2D eigenvalue weighted by atomic mass is 9.99. The molecule has 1 unspecified atom stereocenters. The van der Waals surface area contributed by atoms with Crippen LogP contribution in [0.15, 0.2) is 36.8 Å². The van der Waals surface area contributed by atoms with Gasteiger partial charge in [-0.3, -0.25) is 0 Å². The number of ether oxygens (including phenoxy) is 1. The SMILES string of the molecule is C[C@]1(CO)Cc2cc(NC(O)c3cnn4cccnc34)c(N3CCC[C@@H](O)CC3)cc2O1. The molecule has 0 radical (unpaired) electrons. The molecule has 32 heavy (non-hydrogen) atoms. The number of nitrogens with one attached hydrogen (secondary N) is 1. The fourth-order valence-corrected chi connectivity index (χ4v) is 4.60. The largest absolute Gasteiger partial charge is 0.484 e. The first kappa shape index (κ1) is 21.0. The number of hydrogen-bond donors (Lipinski definition) is 4. The lowest BCUT2D eigenvalue weighted by molar-refractivity contribution is 0.0447. The lowest BCUT2D eigenvalue weighted by Crippen LogP contribution is -2.34. The van der Waals surface area contributed by atoms with E-state index in [0.717, 1.165) is 42.1 Å². The van der Waals surface area contributed by atoms with Gasteiger partial charge in [-0.2, -0.15) is 5.10 Å². The van der Waals surface area contributed by atoms with Crippen LogP contribution in [0.1, 0.15) is 43.5 Å². The highest BCUT2D eigenvalue weighted by molar-refractivity contribution is 5.75. The molecule has 2 aromatic heterocycles. The number of nitrogens with zero attached hydrogens (tertiary/aromatic N) is 4. The second-order valence-electron chi connectivity index (χ2n) is 8.97. The number of rotatable bonds is 5. The van der Waals surface area contributed by atoms with E-state index in [1.54, 1.807) is 29.2 Å². The highest BCUT2D eigenvalue weighted by atomic mass is 16.5. The van der Waals surface area contributed by atoms with Gasteiger partial charge in [-0.05, 0) is 38.3 Å². The number of anilines is 2. The maximum absolute atomic E-state index is 11.0. The van der Waals surface area contributed by atoms with E-state index in [0.29, 0.717) is 30.6 Å². The lowest BCUT2D eigenvalue weighted by Gasteiger charge is -2.28. The Labute approximate surface area is 186 Å². The summed E-state index contributed by atoms with van der Waals surface area (Å²) in [6, 6.07) is 5.76. The molecule has 2 aliphatic heterocycles. The third kappa shape index (κ3) is 3.87. The summed E-state index contributed by atoms with van der Waals surface area (Å²) in [5, 5.41) is 38.4. The van der Waals surface area contributed by atoms with Crippen LogP contribution in [-0.4, -0.2) is 61.3 Å². The molecule has 0 amide bonds. The number of fused-ring (bicyclic) bond motifs is 2. The minimum atomic E-state index is -1.01. The van der Waals surface area contributed by atoms with E-state index < -0.39 is 11.8 Å². The van der Waals surface area contributed by atoms with Crippen LogP contribution in [0.25, 0.3) is 5.65 Å². The van der Waals surface area contributed by atoms with Gasteiger partial charge in [0.1, 0.15) is 11.4 Å². The van der Waals surface area contributed by atoms with Crippen molar-refractivity contribution >= 4 is 17.0 Å². The summed E-state index contributed by atoms with van der Waals surface area (Å²) in [5.41, 5.74) is 3.17. The number of aromatic nitrogens is 3. The summed E-state index contributed by atoms with van der Waals surface area (Å²) in [6.45, 7) is 3.32. The Morgan fingerprint density at radius 1 is 1.31 bits per heavy atom. The fourth-order valence-electron chi connectivity index (χ4n) is 4.60. The summed E-state index contributed by atoms with van der Waals surface area (Å²) in [5.74, 6) is 0.749. The highest BCUT2D eigenvalue weighted by Crippen LogP contribution is 2.43. The van der Waals surface area contributed by atoms with Gasteiger partial charge in [0.25, 0.3) is 0 Å². The second-order valence-corrected chi connectivity index (χ2v) is 8.97. The predicted octanol–water partition coefficient (Wildman–Crippen LogP) is 1.87. The number of aliphatic hydroxyl groups is 3. The normalized spacial score (nSPS) is 24.1. The molecule has 4 heterocycles. The van der Waals surface area contributed by atoms with Crippen molar-refractivity contribution < 1.29 is 20.1 Å². The molecule has 2 aliphatic rings. The predicted molar refractivity (Wildman–Crippen MR) is 120 cm³/mol. The summed E-state index contributed by atoms with van der Waals surface area (Å²) in [6.07, 6.45) is 6.69.